The highest BCUT2D eigenvalue weighted by Crippen LogP contribution is 2.35. The van der Waals surface area contributed by atoms with Crippen LogP contribution in [0.5, 0.6) is 0 Å². The van der Waals surface area contributed by atoms with E-state index >= 15 is 0 Å². The quantitative estimate of drug-likeness (QED) is 0.689. The summed E-state index contributed by atoms with van der Waals surface area (Å²) < 4.78 is 0.0344. The molecule has 1 aromatic rings. The molecule has 0 spiro atoms. The molecular formula is C14H18BrN. The molecule has 0 aromatic heterocycles. The minimum atomic E-state index is 0.0344. The van der Waals surface area contributed by atoms with E-state index in [0.717, 1.165) is 6.54 Å². The van der Waals surface area contributed by atoms with Crippen molar-refractivity contribution >= 4 is 22.1 Å². The number of aliphatic imine (C=N–C) groups is 1. The molecule has 0 saturated heterocycles. The van der Waals surface area contributed by atoms with Gasteiger partial charge in [0.05, 0.1) is 0 Å². The number of hydrogen-bond acceptors (Lipinski definition) is 1. The van der Waals surface area contributed by atoms with E-state index in [-0.39, 0.29) is 9.74 Å². The zero-order chi connectivity index (χ0) is 12.0. The molecule has 1 aromatic carbocycles. The van der Waals surface area contributed by atoms with E-state index in [4.69, 9.17) is 0 Å². The number of alkyl halides is 1. The lowest BCUT2D eigenvalue weighted by Gasteiger charge is -2.30. The number of rotatable bonds is 1. The molecule has 0 aliphatic carbocycles. The summed E-state index contributed by atoms with van der Waals surface area (Å²) >= 11 is 3.72. The highest BCUT2D eigenvalue weighted by atomic mass is 79.9. The zero-order valence-electron chi connectivity index (χ0n) is 10.3. The van der Waals surface area contributed by atoms with E-state index in [2.05, 4.69) is 66.8 Å². The van der Waals surface area contributed by atoms with Crippen LogP contribution in [0.15, 0.2) is 23.2 Å². The first-order valence-electron chi connectivity index (χ1n) is 5.64. The van der Waals surface area contributed by atoms with Crippen molar-refractivity contribution in [3.05, 3.63) is 34.9 Å². The minimum absolute atomic E-state index is 0.0344. The molecule has 0 bridgehead atoms. The van der Waals surface area contributed by atoms with Gasteiger partial charge in [-0.15, -0.1) is 0 Å². The largest absolute Gasteiger partial charge is 0.292 e. The van der Waals surface area contributed by atoms with Crippen LogP contribution in [0.25, 0.3) is 0 Å². The van der Waals surface area contributed by atoms with Crippen molar-refractivity contribution < 1.29 is 0 Å². The van der Waals surface area contributed by atoms with Crippen molar-refractivity contribution in [1.29, 1.82) is 0 Å². The first-order chi connectivity index (χ1) is 7.31. The van der Waals surface area contributed by atoms with Crippen LogP contribution in [0.1, 0.15) is 44.4 Å². The Balaban J connectivity index is 2.57. The molecule has 2 rings (SSSR count). The maximum absolute atomic E-state index is 4.43. The molecule has 0 radical (unpaired) electrons. The normalized spacial score (nSPS) is 18.3. The first kappa shape index (κ1) is 11.8. The molecule has 1 aliphatic heterocycles. The molecule has 1 aliphatic rings. The average Bonchev–Trinajstić information content (AvgIpc) is 2.15. The smallest absolute Gasteiger partial charge is 0.0481 e. The fraction of sp³-hybridized carbons (Fsp3) is 0.500. The van der Waals surface area contributed by atoms with E-state index < -0.39 is 0 Å². The van der Waals surface area contributed by atoms with Gasteiger partial charge in [0.25, 0.3) is 0 Å². The predicted molar refractivity (Wildman–Crippen MR) is 73.9 cm³/mol. The summed E-state index contributed by atoms with van der Waals surface area (Å²) in [6.07, 6.45) is 1.99. The van der Waals surface area contributed by atoms with Crippen molar-refractivity contribution in [2.24, 2.45) is 4.99 Å². The van der Waals surface area contributed by atoms with Crippen LogP contribution >= 0.6 is 15.9 Å². The van der Waals surface area contributed by atoms with Gasteiger partial charge in [0, 0.05) is 22.5 Å². The van der Waals surface area contributed by atoms with Crippen molar-refractivity contribution in [3.8, 4) is 0 Å². The SMILES string of the molecule is CC(C)(Br)c1ccc2c(c1)C(C)(C)CN=C2. The Bertz CT molecular complexity index is 439. The van der Waals surface area contributed by atoms with Gasteiger partial charge in [0.1, 0.15) is 0 Å². The van der Waals surface area contributed by atoms with E-state index in [0.29, 0.717) is 0 Å². The Hall–Kier alpha value is -0.630. The predicted octanol–water partition coefficient (Wildman–Crippen LogP) is 4.03. The molecule has 1 heterocycles. The van der Waals surface area contributed by atoms with Crippen molar-refractivity contribution in [2.45, 2.75) is 37.4 Å². The van der Waals surface area contributed by atoms with Crippen LogP contribution in [-0.2, 0) is 9.74 Å². The van der Waals surface area contributed by atoms with Crippen LogP contribution in [0.2, 0.25) is 0 Å². The lowest BCUT2D eigenvalue weighted by Crippen LogP contribution is -2.27. The van der Waals surface area contributed by atoms with Crippen LogP contribution in [0.3, 0.4) is 0 Å². The minimum Gasteiger partial charge on any atom is -0.292 e. The second-order valence-corrected chi connectivity index (χ2v) is 7.61. The topological polar surface area (TPSA) is 12.4 Å². The number of hydrogen-bond donors (Lipinski definition) is 0. The van der Waals surface area contributed by atoms with Crippen LogP contribution in [-0.4, -0.2) is 12.8 Å². The summed E-state index contributed by atoms with van der Waals surface area (Å²) in [5, 5.41) is 0. The third-order valence-electron chi connectivity index (χ3n) is 3.19. The maximum atomic E-state index is 4.43. The Morgan fingerprint density at radius 3 is 2.62 bits per heavy atom. The fourth-order valence-electron chi connectivity index (χ4n) is 2.08. The van der Waals surface area contributed by atoms with Gasteiger partial charge < -0.3 is 0 Å². The lowest BCUT2D eigenvalue weighted by molar-refractivity contribution is 0.533. The summed E-state index contributed by atoms with van der Waals surface area (Å²) in [5.41, 5.74) is 4.15. The number of benzene rings is 1. The molecule has 2 heteroatoms. The third kappa shape index (κ3) is 2.08. The fourth-order valence-corrected chi connectivity index (χ4v) is 2.33. The molecule has 0 N–H and O–H groups in total. The van der Waals surface area contributed by atoms with Gasteiger partial charge in [-0.3, -0.25) is 4.99 Å². The van der Waals surface area contributed by atoms with E-state index in [1.807, 2.05) is 6.21 Å². The maximum Gasteiger partial charge on any atom is 0.0481 e. The number of fused-ring (bicyclic) bond motifs is 1. The summed E-state index contributed by atoms with van der Waals surface area (Å²) in [5.74, 6) is 0. The highest BCUT2D eigenvalue weighted by molar-refractivity contribution is 9.09. The Labute approximate surface area is 106 Å². The summed E-state index contributed by atoms with van der Waals surface area (Å²) in [6.45, 7) is 9.75. The van der Waals surface area contributed by atoms with Gasteiger partial charge in [-0.1, -0.05) is 48.0 Å². The lowest BCUT2D eigenvalue weighted by atomic mass is 9.79. The molecular weight excluding hydrogens is 262 g/mol. The van der Waals surface area contributed by atoms with Gasteiger partial charge in [-0.2, -0.15) is 0 Å². The molecule has 16 heavy (non-hydrogen) atoms. The second kappa shape index (κ2) is 3.69. The molecule has 0 unspecified atom stereocenters. The zero-order valence-corrected chi connectivity index (χ0v) is 11.9. The Kier molecular flexibility index (Phi) is 2.73. The van der Waals surface area contributed by atoms with E-state index in [1.165, 1.54) is 16.7 Å². The van der Waals surface area contributed by atoms with Gasteiger partial charge >= 0.3 is 0 Å². The van der Waals surface area contributed by atoms with Crippen LogP contribution in [0, 0.1) is 0 Å². The van der Waals surface area contributed by atoms with Gasteiger partial charge in [-0.05, 0) is 30.5 Å². The molecule has 86 valence electrons. The molecule has 0 saturated carbocycles. The standard InChI is InChI=1S/C14H18BrN/c1-13(2)9-16-8-10-5-6-11(7-12(10)13)14(3,4)15/h5-8H,9H2,1-4H3. The van der Waals surface area contributed by atoms with Crippen LogP contribution in [0.4, 0.5) is 0 Å². The number of halogens is 1. The molecule has 0 amide bonds. The Morgan fingerprint density at radius 1 is 1.31 bits per heavy atom. The van der Waals surface area contributed by atoms with Gasteiger partial charge in [0.15, 0.2) is 0 Å². The van der Waals surface area contributed by atoms with Gasteiger partial charge in [0.2, 0.25) is 0 Å². The monoisotopic (exact) mass is 279 g/mol. The molecule has 0 atom stereocenters. The summed E-state index contributed by atoms with van der Waals surface area (Å²) in [6, 6.07) is 6.67. The van der Waals surface area contributed by atoms with Crippen LogP contribution < -0.4 is 0 Å². The van der Waals surface area contributed by atoms with E-state index in [1.54, 1.807) is 0 Å². The molecule has 0 fully saturated rings. The third-order valence-corrected chi connectivity index (χ3v) is 3.64. The highest BCUT2D eigenvalue weighted by Gasteiger charge is 2.27. The summed E-state index contributed by atoms with van der Waals surface area (Å²) in [7, 11) is 0. The van der Waals surface area contributed by atoms with Crippen molar-refractivity contribution in [1.82, 2.24) is 0 Å². The first-order valence-corrected chi connectivity index (χ1v) is 6.44. The van der Waals surface area contributed by atoms with Crippen molar-refractivity contribution in [3.63, 3.8) is 0 Å². The van der Waals surface area contributed by atoms with Gasteiger partial charge in [-0.25, -0.2) is 0 Å². The van der Waals surface area contributed by atoms with Crippen molar-refractivity contribution in [2.75, 3.05) is 6.54 Å². The average molecular weight is 280 g/mol. The Morgan fingerprint density at radius 2 is 2.00 bits per heavy atom. The second-order valence-electron chi connectivity index (χ2n) is 5.63. The number of nitrogens with zero attached hydrogens (tertiary/aromatic N) is 1. The van der Waals surface area contributed by atoms with E-state index in [9.17, 15) is 0 Å². The molecule has 1 nitrogen and oxygen atoms in total. The summed E-state index contributed by atoms with van der Waals surface area (Å²) in [4.78, 5) is 4.43.